The number of morpholine rings is 1. The van der Waals surface area contributed by atoms with Crippen molar-refractivity contribution >= 4 is 38.3 Å². The molecule has 7 heteroatoms. The Balaban J connectivity index is 1.75. The summed E-state index contributed by atoms with van der Waals surface area (Å²) in [5.41, 5.74) is 7.57. The van der Waals surface area contributed by atoms with Crippen LogP contribution in [0.1, 0.15) is 19.8 Å². The number of nitrogens with zero attached hydrogens (tertiary/aromatic N) is 2. The van der Waals surface area contributed by atoms with E-state index < -0.39 is 6.04 Å². The second kappa shape index (κ2) is 7.25. The summed E-state index contributed by atoms with van der Waals surface area (Å²) in [6.45, 7) is 5.24. The van der Waals surface area contributed by atoms with Gasteiger partial charge >= 0.3 is 0 Å². The molecule has 1 aliphatic heterocycles. The standard InChI is InChI=1S/C16H22N4O2S/c1-2-3-12(17)15(21)18-11-4-5-13-14(10-11)23-16(19-13)20-6-8-22-9-7-20/h4-5,10,12H,2-3,6-9,17H2,1H3,(H,18,21). The molecule has 2 aromatic rings. The molecule has 0 aliphatic carbocycles. The lowest BCUT2D eigenvalue weighted by molar-refractivity contribution is -0.117. The van der Waals surface area contributed by atoms with Crippen LogP contribution in [0.25, 0.3) is 10.2 Å². The summed E-state index contributed by atoms with van der Waals surface area (Å²) in [5, 5.41) is 3.90. The number of anilines is 2. The number of thiazole rings is 1. The smallest absolute Gasteiger partial charge is 0.241 e. The molecule has 2 heterocycles. The van der Waals surface area contributed by atoms with Crippen molar-refractivity contribution in [1.29, 1.82) is 0 Å². The molecule has 3 rings (SSSR count). The second-order valence-electron chi connectivity index (χ2n) is 5.66. The topological polar surface area (TPSA) is 80.5 Å². The van der Waals surface area contributed by atoms with Crippen LogP contribution in [0.4, 0.5) is 10.8 Å². The number of benzene rings is 1. The maximum atomic E-state index is 12.0. The molecule has 0 saturated carbocycles. The third-order valence-electron chi connectivity index (χ3n) is 3.86. The van der Waals surface area contributed by atoms with E-state index in [1.165, 1.54) is 0 Å². The SMILES string of the molecule is CCCC(N)C(=O)Nc1ccc2nc(N3CCOCC3)sc2c1. The molecule has 1 amide bonds. The number of hydrogen-bond acceptors (Lipinski definition) is 6. The zero-order chi connectivity index (χ0) is 16.2. The molecular weight excluding hydrogens is 312 g/mol. The minimum Gasteiger partial charge on any atom is -0.378 e. The molecule has 1 unspecified atom stereocenters. The predicted molar refractivity (Wildman–Crippen MR) is 94.2 cm³/mol. The lowest BCUT2D eigenvalue weighted by Gasteiger charge is -2.25. The van der Waals surface area contributed by atoms with E-state index in [1.807, 2.05) is 25.1 Å². The largest absolute Gasteiger partial charge is 0.378 e. The Bertz CT molecular complexity index is 682. The van der Waals surface area contributed by atoms with Crippen LogP contribution in [-0.2, 0) is 9.53 Å². The van der Waals surface area contributed by atoms with Gasteiger partial charge in [0.05, 0.1) is 29.5 Å². The van der Waals surface area contributed by atoms with E-state index in [0.29, 0.717) is 6.42 Å². The first-order valence-corrected chi connectivity index (χ1v) is 8.78. The molecule has 1 aromatic heterocycles. The quantitative estimate of drug-likeness (QED) is 0.876. The van der Waals surface area contributed by atoms with Gasteiger partial charge in [-0.3, -0.25) is 4.79 Å². The van der Waals surface area contributed by atoms with Gasteiger partial charge in [0.2, 0.25) is 5.91 Å². The number of ether oxygens (including phenoxy) is 1. The normalized spacial score (nSPS) is 16.5. The molecule has 3 N–H and O–H groups in total. The zero-order valence-corrected chi connectivity index (χ0v) is 14.1. The van der Waals surface area contributed by atoms with Crippen LogP contribution in [-0.4, -0.2) is 43.2 Å². The van der Waals surface area contributed by atoms with E-state index in [2.05, 4.69) is 15.2 Å². The van der Waals surface area contributed by atoms with Gasteiger partial charge in [0, 0.05) is 18.8 Å². The second-order valence-corrected chi connectivity index (χ2v) is 6.67. The summed E-state index contributed by atoms with van der Waals surface area (Å²) in [6, 6.07) is 5.33. The minimum atomic E-state index is -0.457. The van der Waals surface area contributed by atoms with Crippen LogP contribution in [0.15, 0.2) is 18.2 Å². The van der Waals surface area contributed by atoms with E-state index in [9.17, 15) is 4.79 Å². The van der Waals surface area contributed by atoms with Crippen LogP contribution in [0.5, 0.6) is 0 Å². The molecule has 1 aliphatic rings. The van der Waals surface area contributed by atoms with Gasteiger partial charge in [-0.15, -0.1) is 0 Å². The number of nitrogens with two attached hydrogens (primary N) is 1. The summed E-state index contributed by atoms with van der Waals surface area (Å²) < 4.78 is 6.44. The molecule has 6 nitrogen and oxygen atoms in total. The van der Waals surface area contributed by atoms with E-state index in [4.69, 9.17) is 10.5 Å². The Kier molecular flexibility index (Phi) is 5.09. The summed E-state index contributed by atoms with van der Waals surface area (Å²) in [7, 11) is 0. The molecule has 1 saturated heterocycles. The molecule has 0 spiro atoms. The van der Waals surface area contributed by atoms with E-state index in [-0.39, 0.29) is 5.91 Å². The number of fused-ring (bicyclic) bond motifs is 1. The van der Waals surface area contributed by atoms with Gasteiger partial charge in [0.15, 0.2) is 5.13 Å². The first-order valence-electron chi connectivity index (χ1n) is 7.97. The number of nitrogens with one attached hydrogen (secondary N) is 1. The van der Waals surface area contributed by atoms with Crippen molar-refractivity contribution in [2.45, 2.75) is 25.8 Å². The zero-order valence-electron chi connectivity index (χ0n) is 13.2. The average Bonchev–Trinajstić information content (AvgIpc) is 2.99. The fraction of sp³-hybridized carbons (Fsp3) is 0.500. The third kappa shape index (κ3) is 3.80. The van der Waals surface area contributed by atoms with Gasteiger partial charge in [-0.05, 0) is 24.6 Å². The molecule has 1 atom stereocenters. The summed E-state index contributed by atoms with van der Waals surface area (Å²) in [6.07, 6.45) is 1.58. The fourth-order valence-corrected chi connectivity index (χ4v) is 3.61. The van der Waals surface area contributed by atoms with Gasteiger partial charge in [0.25, 0.3) is 0 Å². The van der Waals surface area contributed by atoms with Crippen molar-refractivity contribution in [3.8, 4) is 0 Å². The van der Waals surface area contributed by atoms with Crippen molar-refractivity contribution in [3.05, 3.63) is 18.2 Å². The number of hydrogen-bond donors (Lipinski definition) is 2. The van der Waals surface area contributed by atoms with Crippen molar-refractivity contribution in [3.63, 3.8) is 0 Å². The van der Waals surface area contributed by atoms with Gasteiger partial charge in [-0.1, -0.05) is 24.7 Å². The number of aromatic nitrogens is 1. The molecule has 0 bridgehead atoms. The molecular formula is C16H22N4O2S. The summed E-state index contributed by atoms with van der Waals surface area (Å²) >= 11 is 1.64. The van der Waals surface area contributed by atoms with E-state index >= 15 is 0 Å². The van der Waals surface area contributed by atoms with Crippen molar-refractivity contribution < 1.29 is 9.53 Å². The maximum absolute atomic E-state index is 12.0. The highest BCUT2D eigenvalue weighted by Gasteiger charge is 2.16. The first kappa shape index (κ1) is 16.2. The van der Waals surface area contributed by atoms with Crippen molar-refractivity contribution in [2.75, 3.05) is 36.5 Å². The van der Waals surface area contributed by atoms with Crippen LogP contribution in [0.3, 0.4) is 0 Å². The Morgan fingerprint density at radius 1 is 1.48 bits per heavy atom. The molecule has 0 radical (unpaired) electrons. The van der Waals surface area contributed by atoms with Crippen molar-refractivity contribution in [1.82, 2.24) is 4.98 Å². The van der Waals surface area contributed by atoms with Crippen LogP contribution in [0, 0.1) is 0 Å². The van der Waals surface area contributed by atoms with Crippen molar-refractivity contribution in [2.24, 2.45) is 5.73 Å². The highest BCUT2D eigenvalue weighted by Crippen LogP contribution is 2.31. The molecule has 1 fully saturated rings. The summed E-state index contributed by atoms with van der Waals surface area (Å²) in [5.74, 6) is -0.135. The number of carbonyl (C=O) groups excluding carboxylic acids is 1. The van der Waals surface area contributed by atoms with E-state index in [1.54, 1.807) is 11.3 Å². The Hall–Kier alpha value is -1.70. The highest BCUT2D eigenvalue weighted by molar-refractivity contribution is 7.22. The van der Waals surface area contributed by atoms with Gasteiger partial charge < -0.3 is 20.7 Å². The molecule has 124 valence electrons. The number of rotatable bonds is 5. The van der Waals surface area contributed by atoms with Crippen LogP contribution in [0.2, 0.25) is 0 Å². The maximum Gasteiger partial charge on any atom is 0.241 e. The lowest BCUT2D eigenvalue weighted by Crippen LogP contribution is -2.36. The fourth-order valence-electron chi connectivity index (χ4n) is 2.56. The van der Waals surface area contributed by atoms with Crippen LogP contribution < -0.4 is 16.0 Å². The Morgan fingerprint density at radius 2 is 2.26 bits per heavy atom. The van der Waals surface area contributed by atoms with E-state index in [0.717, 1.165) is 53.8 Å². The monoisotopic (exact) mass is 334 g/mol. The Labute approximate surface area is 139 Å². The number of amides is 1. The number of carbonyl (C=O) groups is 1. The van der Waals surface area contributed by atoms with Gasteiger partial charge in [0.1, 0.15) is 0 Å². The Morgan fingerprint density at radius 3 is 3.00 bits per heavy atom. The molecule has 23 heavy (non-hydrogen) atoms. The van der Waals surface area contributed by atoms with Gasteiger partial charge in [-0.2, -0.15) is 0 Å². The van der Waals surface area contributed by atoms with Crippen LogP contribution >= 0.6 is 11.3 Å². The minimum absolute atomic E-state index is 0.135. The highest BCUT2D eigenvalue weighted by atomic mass is 32.1. The first-order chi connectivity index (χ1) is 11.2. The lowest BCUT2D eigenvalue weighted by atomic mass is 10.1. The predicted octanol–water partition coefficient (Wildman–Crippen LogP) is 2.20. The molecule has 1 aromatic carbocycles. The van der Waals surface area contributed by atoms with Gasteiger partial charge in [-0.25, -0.2) is 4.98 Å². The third-order valence-corrected chi connectivity index (χ3v) is 4.94. The summed E-state index contributed by atoms with van der Waals surface area (Å²) in [4.78, 5) is 18.9. The average molecular weight is 334 g/mol.